The largest absolute Gasteiger partial charge is 0.451 e. The zero-order chi connectivity index (χ0) is 24.2. The molecule has 0 aromatic heterocycles. The molecule has 2 atom stereocenters. The Balaban J connectivity index is 2.00. The topological polar surface area (TPSA) is 109 Å². The molecular weight excluding hydrogens is 422 g/mol. The molecule has 0 aliphatic heterocycles. The van der Waals surface area contributed by atoms with E-state index in [2.05, 4.69) is 5.32 Å². The van der Waals surface area contributed by atoms with Crippen LogP contribution in [0.5, 0.6) is 0 Å². The van der Waals surface area contributed by atoms with Crippen molar-refractivity contribution in [3.63, 3.8) is 0 Å². The van der Waals surface area contributed by atoms with E-state index < -0.39 is 30.1 Å². The van der Waals surface area contributed by atoms with E-state index in [0.717, 1.165) is 5.56 Å². The molecule has 0 saturated carbocycles. The van der Waals surface area contributed by atoms with Gasteiger partial charge in [-0.15, -0.1) is 0 Å². The first-order valence-corrected chi connectivity index (χ1v) is 10.7. The average molecular weight is 452 g/mol. The lowest BCUT2D eigenvalue weighted by Gasteiger charge is -2.27. The lowest BCUT2D eigenvalue weighted by Crippen LogP contribution is -2.48. The number of alkyl carbamates (subject to hydrolysis) is 1. The van der Waals surface area contributed by atoms with E-state index in [4.69, 9.17) is 14.7 Å². The Morgan fingerprint density at radius 2 is 1.61 bits per heavy atom. The van der Waals surface area contributed by atoms with Crippen LogP contribution in [0.2, 0.25) is 0 Å². The van der Waals surface area contributed by atoms with Crippen LogP contribution in [0.25, 0.3) is 0 Å². The number of carbonyl (C=O) groups excluding carboxylic acids is 3. The highest BCUT2D eigenvalue weighted by Gasteiger charge is 2.31. The van der Waals surface area contributed by atoms with Crippen LogP contribution < -0.4 is 10.2 Å². The number of rotatable bonds is 10. The van der Waals surface area contributed by atoms with Gasteiger partial charge in [0.2, 0.25) is 0 Å². The number of hydrogen-bond donors (Lipinski definition) is 1. The smallest absolute Gasteiger partial charge is 0.408 e. The summed E-state index contributed by atoms with van der Waals surface area (Å²) in [5.41, 5.74) is 1.41. The third-order valence-corrected chi connectivity index (χ3v) is 4.83. The van der Waals surface area contributed by atoms with Crippen LogP contribution in [0, 0.1) is 17.2 Å². The zero-order valence-corrected chi connectivity index (χ0v) is 19.1. The standard InChI is InChI=1S/C25H29N3O5/c1-18(2)22(27-25(31)32-17-20-11-6-4-7-12-20)24(30)33-19(3)23(29)28(16-10-15-26)21-13-8-5-9-14-21/h4-9,11-14,18-19,22H,10,16-17H2,1-3H3,(H,27,31). The Labute approximate surface area is 194 Å². The van der Waals surface area contributed by atoms with E-state index in [9.17, 15) is 14.4 Å². The number of hydrogen-bond acceptors (Lipinski definition) is 6. The van der Waals surface area contributed by atoms with E-state index in [1.165, 1.54) is 11.8 Å². The second kappa shape index (κ2) is 12.9. The number of amides is 2. The highest BCUT2D eigenvalue weighted by molar-refractivity contribution is 5.97. The van der Waals surface area contributed by atoms with Gasteiger partial charge in [-0.2, -0.15) is 5.26 Å². The van der Waals surface area contributed by atoms with E-state index in [0.29, 0.717) is 5.69 Å². The number of carbonyl (C=O) groups is 3. The number of ether oxygens (including phenoxy) is 2. The number of benzene rings is 2. The van der Waals surface area contributed by atoms with Crippen LogP contribution in [0.4, 0.5) is 10.5 Å². The monoisotopic (exact) mass is 451 g/mol. The van der Waals surface area contributed by atoms with Gasteiger partial charge in [-0.05, 0) is 30.5 Å². The first-order chi connectivity index (χ1) is 15.8. The second-order valence-electron chi connectivity index (χ2n) is 7.74. The van der Waals surface area contributed by atoms with Crippen LogP contribution in [0.1, 0.15) is 32.8 Å². The Morgan fingerprint density at radius 1 is 1.00 bits per heavy atom. The van der Waals surface area contributed by atoms with E-state index in [1.807, 2.05) is 42.5 Å². The van der Waals surface area contributed by atoms with Crippen LogP contribution in [0.15, 0.2) is 60.7 Å². The molecule has 8 nitrogen and oxygen atoms in total. The van der Waals surface area contributed by atoms with E-state index >= 15 is 0 Å². The van der Waals surface area contributed by atoms with Crippen molar-refractivity contribution in [1.82, 2.24) is 5.32 Å². The average Bonchev–Trinajstić information content (AvgIpc) is 2.82. The van der Waals surface area contributed by atoms with Gasteiger partial charge in [0, 0.05) is 12.2 Å². The van der Waals surface area contributed by atoms with Crippen LogP contribution in [0.3, 0.4) is 0 Å². The normalized spacial score (nSPS) is 12.2. The molecule has 8 heteroatoms. The predicted octanol–water partition coefficient (Wildman–Crippen LogP) is 3.82. The van der Waals surface area contributed by atoms with Gasteiger partial charge in [-0.3, -0.25) is 4.79 Å². The Hall–Kier alpha value is -3.86. The molecule has 2 amide bonds. The minimum Gasteiger partial charge on any atom is -0.451 e. The van der Waals surface area contributed by atoms with Crippen molar-refractivity contribution in [3.8, 4) is 6.07 Å². The minimum atomic E-state index is -1.11. The third-order valence-electron chi connectivity index (χ3n) is 4.83. The van der Waals surface area contributed by atoms with Crippen LogP contribution in [-0.4, -0.2) is 36.7 Å². The lowest BCUT2D eigenvalue weighted by atomic mass is 10.1. The summed E-state index contributed by atoms with van der Waals surface area (Å²) in [6.45, 7) is 5.19. The third kappa shape index (κ3) is 7.96. The molecule has 174 valence electrons. The summed E-state index contributed by atoms with van der Waals surface area (Å²) < 4.78 is 10.6. The molecule has 33 heavy (non-hydrogen) atoms. The Morgan fingerprint density at radius 3 is 2.18 bits per heavy atom. The first kappa shape index (κ1) is 25.4. The number of para-hydroxylation sites is 1. The number of nitrogens with zero attached hydrogens (tertiary/aromatic N) is 2. The molecule has 0 radical (unpaired) electrons. The molecule has 0 aliphatic carbocycles. The summed E-state index contributed by atoms with van der Waals surface area (Å²) in [6.07, 6.45) is -1.74. The fourth-order valence-electron chi connectivity index (χ4n) is 3.04. The molecule has 2 unspecified atom stereocenters. The van der Waals surface area contributed by atoms with Gasteiger partial charge in [0.05, 0.1) is 12.5 Å². The summed E-state index contributed by atoms with van der Waals surface area (Å²) in [4.78, 5) is 39.4. The fraction of sp³-hybridized carbons (Fsp3) is 0.360. The molecule has 0 fully saturated rings. The Bertz CT molecular complexity index is 957. The molecule has 0 saturated heterocycles. The van der Waals surface area contributed by atoms with Crippen molar-refractivity contribution < 1.29 is 23.9 Å². The number of nitriles is 1. The predicted molar refractivity (Wildman–Crippen MR) is 123 cm³/mol. The van der Waals surface area contributed by atoms with E-state index in [1.54, 1.807) is 38.1 Å². The summed E-state index contributed by atoms with van der Waals surface area (Å²) >= 11 is 0. The zero-order valence-electron chi connectivity index (χ0n) is 19.1. The van der Waals surface area contributed by atoms with Gasteiger partial charge in [-0.25, -0.2) is 9.59 Å². The molecule has 2 rings (SSSR count). The van der Waals surface area contributed by atoms with Gasteiger partial charge < -0.3 is 19.7 Å². The Kier molecular flexibility index (Phi) is 9.90. The van der Waals surface area contributed by atoms with E-state index in [-0.39, 0.29) is 25.5 Å². The van der Waals surface area contributed by atoms with Crippen molar-refractivity contribution in [2.75, 3.05) is 11.4 Å². The summed E-state index contributed by atoms with van der Waals surface area (Å²) in [6, 6.07) is 19.0. The maximum atomic E-state index is 13.0. The van der Waals surface area contributed by atoms with Gasteiger partial charge in [0.15, 0.2) is 6.10 Å². The molecule has 1 N–H and O–H groups in total. The van der Waals surface area contributed by atoms with Crippen molar-refractivity contribution in [2.24, 2.45) is 5.92 Å². The molecule has 0 bridgehead atoms. The van der Waals surface area contributed by atoms with Gasteiger partial charge in [-0.1, -0.05) is 62.4 Å². The first-order valence-electron chi connectivity index (χ1n) is 10.7. The van der Waals surface area contributed by atoms with Crippen LogP contribution in [-0.2, 0) is 25.7 Å². The SMILES string of the molecule is CC(OC(=O)C(NC(=O)OCc1ccccc1)C(C)C)C(=O)N(CCC#N)c1ccccc1. The fourth-order valence-corrected chi connectivity index (χ4v) is 3.04. The van der Waals surface area contributed by atoms with Crippen molar-refractivity contribution >= 4 is 23.7 Å². The quantitative estimate of drug-likeness (QED) is 0.550. The van der Waals surface area contributed by atoms with Gasteiger partial charge >= 0.3 is 12.1 Å². The molecule has 0 aliphatic rings. The second-order valence-corrected chi connectivity index (χ2v) is 7.74. The highest BCUT2D eigenvalue weighted by Crippen LogP contribution is 2.17. The molecule has 0 heterocycles. The molecule has 0 spiro atoms. The molecule has 2 aromatic rings. The van der Waals surface area contributed by atoms with Gasteiger partial charge in [0.25, 0.3) is 5.91 Å². The van der Waals surface area contributed by atoms with Crippen molar-refractivity contribution in [1.29, 1.82) is 5.26 Å². The maximum absolute atomic E-state index is 13.0. The lowest BCUT2D eigenvalue weighted by molar-refractivity contribution is -0.156. The van der Waals surface area contributed by atoms with Crippen LogP contribution >= 0.6 is 0 Å². The summed E-state index contributed by atoms with van der Waals surface area (Å²) in [5.74, 6) is -1.50. The summed E-state index contributed by atoms with van der Waals surface area (Å²) in [5, 5.41) is 11.5. The van der Waals surface area contributed by atoms with Crippen molar-refractivity contribution in [3.05, 3.63) is 66.2 Å². The maximum Gasteiger partial charge on any atom is 0.408 e. The number of nitrogens with one attached hydrogen (secondary N) is 1. The highest BCUT2D eigenvalue weighted by atomic mass is 16.6. The van der Waals surface area contributed by atoms with Crippen molar-refractivity contribution in [2.45, 2.75) is 45.9 Å². The van der Waals surface area contributed by atoms with Gasteiger partial charge in [0.1, 0.15) is 12.6 Å². The molecule has 2 aromatic carbocycles. The molecular formula is C25H29N3O5. The number of anilines is 1. The number of esters is 1. The summed E-state index contributed by atoms with van der Waals surface area (Å²) in [7, 11) is 0. The minimum absolute atomic E-state index is 0.0619.